The smallest absolute Gasteiger partial charge is 0.322 e. The third kappa shape index (κ3) is 2.03. The summed E-state index contributed by atoms with van der Waals surface area (Å²) in [6.07, 6.45) is 1.60. The van der Waals surface area contributed by atoms with Crippen molar-refractivity contribution in [3.05, 3.63) is 40.6 Å². The van der Waals surface area contributed by atoms with Crippen molar-refractivity contribution in [3.63, 3.8) is 0 Å². The Morgan fingerprint density at radius 3 is 2.83 bits per heavy atom. The van der Waals surface area contributed by atoms with Crippen molar-refractivity contribution in [1.29, 1.82) is 0 Å². The lowest BCUT2D eigenvalue weighted by Gasteiger charge is -2.09. The quantitative estimate of drug-likeness (QED) is 0.619. The van der Waals surface area contributed by atoms with Gasteiger partial charge in [-0.05, 0) is 6.07 Å². The van der Waals surface area contributed by atoms with E-state index in [4.69, 9.17) is 10.8 Å². The molecule has 1 heterocycles. The van der Waals surface area contributed by atoms with Crippen molar-refractivity contribution in [1.82, 2.24) is 4.57 Å². The molecule has 0 amide bonds. The van der Waals surface area contributed by atoms with E-state index in [0.29, 0.717) is 10.9 Å². The van der Waals surface area contributed by atoms with Crippen molar-refractivity contribution in [2.75, 3.05) is 0 Å². The van der Waals surface area contributed by atoms with Crippen LogP contribution in [0.25, 0.3) is 10.9 Å². The number of nitro benzene ring substituents is 1. The zero-order valence-electron chi connectivity index (χ0n) is 9.31. The van der Waals surface area contributed by atoms with Crippen LogP contribution in [0.1, 0.15) is 0 Å². The topological polar surface area (TPSA) is 111 Å². The standard InChI is InChI=1S/C11H11N3O4/c12-8(11(15)16)6-13-5-4-7-2-1-3-9(10(7)13)14(17)18/h1-5,8H,6,12H2,(H,15,16). The summed E-state index contributed by atoms with van der Waals surface area (Å²) < 4.78 is 1.49. The first-order valence-corrected chi connectivity index (χ1v) is 5.21. The average molecular weight is 249 g/mol. The van der Waals surface area contributed by atoms with E-state index >= 15 is 0 Å². The summed E-state index contributed by atoms with van der Waals surface area (Å²) in [6.45, 7) is -0.0102. The van der Waals surface area contributed by atoms with Crippen molar-refractivity contribution in [2.24, 2.45) is 5.73 Å². The Morgan fingerprint density at radius 2 is 2.22 bits per heavy atom. The molecule has 0 bridgehead atoms. The molecular formula is C11H11N3O4. The summed E-state index contributed by atoms with van der Waals surface area (Å²) in [5, 5.41) is 20.4. The number of nitro groups is 1. The van der Waals surface area contributed by atoms with E-state index in [0.717, 1.165) is 0 Å². The van der Waals surface area contributed by atoms with Gasteiger partial charge in [0.05, 0.1) is 4.92 Å². The number of para-hydroxylation sites is 1. The summed E-state index contributed by atoms with van der Waals surface area (Å²) in [5.41, 5.74) is 5.76. The zero-order valence-corrected chi connectivity index (χ0v) is 9.31. The van der Waals surface area contributed by atoms with Crippen LogP contribution in [0.2, 0.25) is 0 Å². The minimum absolute atomic E-state index is 0.0102. The Bertz CT molecular complexity index is 620. The minimum atomic E-state index is -1.14. The fraction of sp³-hybridized carbons (Fsp3) is 0.182. The second-order valence-corrected chi connectivity index (χ2v) is 3.88. The lowest BCUT2D eigenvalue weighted by molar-refractivity contribution is -0.383. The highest BCUT2D eigenvalue weighted by Gasteiger charge is 2.18. The maximum absolute atomic E-state index is 10.9. The lowest BCUT2D eigenvalue weighted by atomic mass is 10.2. The van der Waals surface area contributed by atoms with Crippen LogP contribution in [0.3, 0.4) is 0 Å². The van der Waals surface area contributed by atoms with Gasteiger partial charge in [0, 0.05) is 24.2 Å². The van der Waals surface area contributed by atoms with Crippen molar-refractivity contribution < 1.29 is 14.8 Å². The number of nitrogens with two attached hydrogens (primary N) is 1. The molecule has 0 saturated heterocycles. The van der Waals surface area contributed by atoms with Gasteiger partial charge in [-0.15, -0.1) is 0 Å². The summed E-state index contributed by atoms with van der Waals surface area (Å²) in [6, 6.07) is 5.29. The Balaban J connectivity index is 2.52. The third-order valence-electron chi connectivity index (χ3n) is 2.67. The second-order valence-electron chi connectivity index (χ2n) is 3.88. The molecule has 1 aromatic carbocycles. The average Bonchev–Trinajstić information content (AvgIpc) is 2.72. The van der Waals surface area contributed by atoms with Gasteiger partial charge in [-0.1, -0.05) is 12.1 Å². The highest BCUT2D eigenvalue weighted by atomic mass is 16.6. The molecule has 18 heavy (non-hydrogen) atoms. The van der Waals surface area contributed by atoms with Crippen molar-refractivity contribution in [2.45, 2.75) is 12.6 Å². The molecule has 0 aliphatic rings. The first kappa shape index (κ1) is 12.1. The predicted octanol–water partition coefficient (Wildman–Crippen LogP) is 0.961. The molecule has 7 heteroatoms. The van der Waals surface area contributed by atoms with E-state index in [1.807, 2.05) is 0 Å². The summed E-state index contributed by atoms with van der Waals surface area (Å²) >= 11 is 0. The van der Waals surface area contributed by atoms with Crippen molar-refractivity contribution in [3.8, 4) is 0 Å². The first-order valence-electron chi connectivity index (χ1n) is 5.21. The molecule has 1 aromatic heterocycles. The van der Waals surface area contributed by atoms with Gasteiger partial charge in [-0.25, -0.2) is 0 Å². The maximum Gasteiger partial charge on any atom is 0.322 e. The number of nitrogens with zero attached hydrogens (tertiary/aromatic N) is 2. The van der Waals surface area contributed by atoms with Crippen LogP contribution in [0.4, 0.5) is 5.69 Å². The molecule has 0 aliphatic carbocycles. The van der Waals surface area contributed by atoms with Crippen LogP contribution in [-0.4, -0.2) is 26.6 Å². The molecule has 7 nitrogen and oxygen atoms in total. The largest absolute Gasteiger partial charge is 0.480 e. The normalized spacial score (nSPS) is 12.5. The molecular weight excluding hydrogens is 238 g/mol. The minimum Gasteiger partial charge on any atom is -0.480 e. The van der Waals surface area contributed by atoms with Crippen molar-refractivity contribution >= 4 is 22.6 Å². The van der Waals surface area contributed by atoms with Gasteiger partial charge < -0.3 is 15.4 Å². The zero-order chi connectivity index (χ0) is 13.3. The Kier molecular flexibility index (Phi) is 2.99. The predicted molar refractivity (Wildman–Crippen MR) is 64.2 cm³/mol. The Hall–Kier alpha value is -2.41. The molecule has 2 rings (SSSR count). The van der Waals surface area contributed by atoms with Gasteiger partial charge >= 0.3 is 5.97 Å². The van der Waals surface area contributed by atoms with Gasteiger partial charge in [-0.3, -0.25) is 14.9 Å². The second kappa shape index (κ2) is 4.46. The molecule has 0 fully saturated rings. The van der Waals surface area contributed by atoms with Gasteiger partial charge in [-0.2, -0.15) is 0 Å². The van der Waals surface area contributed by atoms with E-state index in [1.54, 1.807) is 24.4 Å². The summed E-state index contributed by atoms with van der Waals surface area (Å²) in [4.78, 5) is 21.1. The number of fused-ring (bicyclic) bond motifs is 1. The van der Waals surface area contributed by atoms with E-state index in [1.165, 1.54) is 10.6 Å². The van der Waals surface area contributed by atoms with Gasteiger partial charge in [0.25, 0.3) is 5.69 Å². The summed E-state index contributed by atoms with van der Waals surface area (Å²) in [5.74, 6) is -1.14. The van der Waals surface area contributed by atoms with E-state index in [9.17, 15) is 14.9 Å². The number of carboxylic acids is 1. The maximum atomic E-state index is 10.9. The number of rotatable bonds is 4. The fourth-order valence-electron chi connectivity index (χ4n) is 1.83. The van der Waals surface area contributed by atoms with Crippen LogP contribution in [0.15, 0.2) is 30.5 Å². The van der Waals surface area contributed by atoms with Gasteiger partial charge in [0.2, 0.25) is 0 Å². The van der Waals surface area contributed by atoms with Crippen LogP contribution < -0.4 is 5.73 Å². The monoisotopic (exact) mass is 249 g/mol. The Morgan fingerprint density at radius 1 is 1.50 bits per heavy atom. The molecule has 1 atom stereocenters. The third-order valence-corrected chi connectivity index (χ3v) is 2.67. The van der Waals surface area contributed by atoms with E-state index in [2.05, 4.69) is 0 Å². The van der Waals surface area contributed by atoms with Gasteiger partial charge in [0.1, 0.15) is 11.6 Å². The summed E-state index contributed by atoms with van der Waals surface area (Å²) in [7, 11) is 0. The lowest BCUT2D eigenvalue weighted by Crippen LogP contribution is -2.34. The van der Waals surface area contributed by atoms with E-state index < -0.39 is 16.9 Å². The van der Waals surface area contributed by atoms with Crippen LogP contribution in [-0.2, 0) is 11.3 Å². The van der Waals surface area contributed by atoms with E-state index in [-0.39, 0.29) is 12.2 Å². The number of non-ortho nitro benzene ring substituents is 1. The Labute approximate surface area is 102 Å². The molecule has 0 spiro atoms. The highest BCUT2D eigenvalue weighted by Crippen LogP contribution is 2.26. The van der Waals surface area contributed by atoms with Crippen LogP contribution >= 0.6 is 0 Å². The highest BCUT2D eigenvalue weighted by molar-refractivity contribution is 5.88. The number of carboxylic acid groups (broad SMARTS) is 1. The number of benzene rings is 1. The SMILES string of the molecule is NC(Cn1ccc2cccc([N+](=O)[O-])c21)C(=O)O. The molecule has 2 aromatic rings. The number of hydrogen-bond donors (Lipinski definition) is 2. The molecule has 3 N–H and O–H groups in total. The van der Waals surface area contributed by atoms with Crippen LogP contribution in [0.5, 0.6) is 0 Å². The number of aliphatic carboxylic acids is 1. The number of aromatic nitrogens is 1. The fourth-order valence-corrected chi connectivity index (χ4v) is 1.83. The molecule has 94 valence electrons. The molecule has 0 radical (unpaired) electrons. The molecule has 0 aliphatic heterocycles. The molecule has 1 unspecified atom stereocenters. The van der Waals surface area contributed by atoms with Crippen LogP contribution in [0, 0.1) is 10.1 Å². The molecule has 0 saturated carbocycles. The first-order chi connectivity index (χ1) is 8.50. The van der Waals surface area contributed by atoms with Gasteiger partial charge in [0.15, 0.2) is 0 Å². The number of hydrogen-bond acceptors (Lipinski definition) is 4. The number of carbonyl (C=O) groups is 1.